The first kappa shape index (κ1) is 10.8. The van der Waals surface area contributed by atoms with Gasteiger partial charge in [0, 0.05) is 5.69 Å². The highest BCUT2D eigenvalue weighted by atomic mass is 16.1. The average Bonchev–Trinajstić information content (AvgIpc) is 2.70. The number of anilines is 1. The summed E-state index contributed by atoms with van der Waals surface area (Å²) in [4.78, 5) is 11.3. The molecule has 2 aliphatic rings. The van der Waals surface area contributed by atoms with Crippen molar-refractivity contribution in [2.75, 3.05) is 18.4 Å². The summed E-state index contributed by atoms with van der Waals surface area (Å²) < 4.78 is 0. The molecule has 17 heavy (non-hydrogen) atoms. The zero-order chi connectivity index (χ0) is 11.7. The molecule has 2 aliphatic heterocycles. The van der Waals surface area contributed by atoms with E-state index in [9.17, 15) is 4.79 Å². The molecule has 1 unspecified atom stereocenters. The van der Waals surface area contributed by atoms with Crippen LogP contribution in [0.5, 0.6) is 0 Å². The minimum atomic E-state index is 0.122. The summed E-state index contributed by atoms with van der Waals surface area (Å²) in [6, 6.07) is 6.40. The van der Waals surface area contributed by atoms with Gasteiger partial charge in [0.2, 0.25) is 5.91 Å². The van der Waals surface area contributed by atoms with Gasteiger partial charge in [0.15, 0.2) is 0 Å². The van der Waals surface area contributed by atoms with E-state index in [0.29, 0.717) is 6.42 Å². The lowest BCUT2D eigenvalue weighted by Gasteiger charge is -2.22. The maximum Gasteiger partial charge on any atom is 0.228 e. The molecule has 90 valence electrons. The average molecular weight is 230 g/mol. The van der Waals surface area contributed by atoms with Gasteiger partial charge in [-0.15, -0.1) is 0 Å². The number of amides is 1. The Morgan fingerprint density at radius 2 is 2.29 bits per heavy atom. The lowest BCUT2D eigenvalue weighted by atomic mass is 9.91. The van der Waals surface area contributed by atoms with Crippen LogP contribution in [0.2, 0.25) is 0 Å². The number of rotatable bonds is 2. The van der Waals surface area contributed by atoms with Crippen LogP contribution in [0.3, 0.4) is 0 Å². The Kier molecular flexibility index (Phi) is 2.85. The first-order valence-corrected chi connectivity index (χ1v) is 6.43. The number of hydrogen-bond donors (Lipinski definition) is 2. The molecule has 1 saturated heterocycles. The zero-order valence-electron chi connectivity index (χ0n) is 9.96. The van der Waals surface area contributed by atoms with Gasteiger partial charge in [-0.05, 0) is 55.5 Å². The molecular formula is C14H18N2O. The molecule has 1 amide bonds. The van der Waals surface area contributed by atoms with Crippen molar-refractivity contribution in [3.8, 4) is 0 Å². The van der Waals surface area contributed by atoms with Crippen LogP contribution in [0.4, 0.5) is 5.69 Å². The second kappa shape index (κ2) is 4.49. The fourth-order valence-corrected chi connectivity index (χ4v) is 2.84. The molecule has 3 rings (SSSR count). The number of nitrogens with one attached hydrogen (secondary N) is 2. The second-order valence-electron chi connectivity index (χ2n) is 5.13. The molecule has 0 aromatic heterocycles. The van der Waals surface area contributed by atoms with Crippen LogP contribution in [-0.4, -0.2) is 19.0 Å². The van der Waals surface area contributed by atoms with Gasteiger partial charge in [0.25, 0.3) is 0 Å². The molecule has 2 heterocycles. The van der Waals surface area contributed by atoms with E-state index in [0.717, 1.165) is 30.1 Å². The summed E-state index contributed by atoms with van der Waals surface area (Å²) in [6.45, 7) is 2.30. The normalized spacial score (nSPS) is 23.3. The van der Waals surface area contributed by atoms with E-state index in [-0.39, 0.29) is 5.91 Å². The van der Waals surface area contributed by atoms with Gasteiger partial charge in [-0.25, -0.2) is 0 Å². The highest BCUT2D eigenvalue weighted by Crippen LogP contribution is 2.25. The maximum atomic E-state index is 11.3. The molecule has 0 aliphatic carbocycles. The van der Waals surface area contributed by atoms with Gasteiger partial charge in [0.1, 0.15) is 0 Å². The maximum absolute atomic E-state index is 11.3. The Morgan fingerprint density at radius 3 is 3.12 bits per heavy atom. The monoisotopic (exact) mass is 230 g/mol. The summed E-state index contributed by atoms with van der Waals surface area (Å²) in [5.74, 6) is 0.878. The number of carbonyl (C=O) groups excluding carboxylic acids is 1. The van der Waals surface area contributed by atoms with Crippen molar-refractivity contribution in [3.63, 3.8) is 0 Å². The van der Waals surface area contributed by atoms with Crippen molar-refractivity contribution in [2.24, 2.45) is 5.92 Å². The molecule has 3 heteroatoms. The molecule has 0 radical (unpaired) electrons. The minimum Gasteiger partial charge on any atom is -0.326 e. The number of benzene rings is 1. The molecule has 0 saturated carbocycles. The fourth-order valence-electron chi connectivity index (χ4n) is 2.84. The molecular weight excluding hydrogens is 212 g/mol. The van der Waals surface area contributed by atoms with Gasteiger partial charge in [-0.3, -0.25) is 4.79 Å². The Hall–Kier alpha value is -1.35. The van der Waals surface area contributed by atoms with Gasteiger partial charge in [0.05, 0.1) is 6.42 Å². The fraction of sp³-hybridized carbons (Fsp3) is 0.500. The van der Waals surface area contributed by atoms with E-state index in [1.54, 1.807) is 0 Å². The predicted octanol–water partition coefficient (Wildman–Crippen LogP) is 1.72. The van der Waals surface area contributed by atoms with Crippen LogP contribution in [0.25, 0.3) is 0 Å². The quantitative estimate of drug-likeness (QED) is 0.812. The molecule has 0 bridgehead atoms. The third kappa shape index (κ3) is 2.34. The first-order valence-electron chi connectivity index (χ1n) is 6.43. The lowest BCUT2D eigenvalue weighted by Crippen LogP contribution is -2.30. The second-order valence-corrected chi connectivity index (χ2v) is 5.13. The Morgan fingerprint density at radius 1 is 1.35 bits per heavy atom. The number of piperidine rings is 1. The number of carbonyl (C=O) groups is 1. The van der Waals surface area contributed by atoms with Crippen LogP contribution in [-0.2, 0) is 17.6 Å². The van der Waals surface area contributed by atoms with Crippen LogP contribution >= 0.6 is 0 Å². The minimum absolute atomic E-state index is 0.122. The van der Waals surface area contributed by atoms with Crippen molar-refractivity contribution in [2.45, 2.75) is 25.7 Å². The summed E-state index contributed by atoms with van der Waals surface area (Å²) in [5, 5.41) is 6.32. The molecule has 1 aromatic carbocycles. The lowest BCUT2D eigenvalue weighted by molar-refractivity contribution is -0.115. The molecule has 0 spiro atoms. The van der Waals surface area contributed by atoms with Crippen LogP contribution in [0, 0.1) is 5.92 Å². The van der Waals surface area contributed by atoms with Crippen LogP contribution < -0.4 is 10.6 Å². The predicted molar refractivity (Wildman–Crippen MR) is 68.1 cm³/mol. The number of fused-ring (bicyclic) bond motifs is 1. The highest BCUT2D eigenvalue weighted by Gasteiger charge is 2.19. The van der Waals surface area contributed by atoms with E-state index >= 15 is 0 Å². The van der Waals surface area contributed by atoms with Crippen molar-refractivity contribution in [1.82, 2.24) is 5.32 Å². The SMILES string of the molecule is O=C1Cc2cc(CC3CCCNC3)ccc2N1. The summed E-state index contributed by atoms with van der Waals surface area (Å²) >= 11 is 0. The molecule has 3 nitrogen and oxygen atoms in total. The van der Waals surface area contributed by atoms with Gasteiger partial charge < -0.3 is 10.6 Å². The third-order valence-corrected chi connectivity index (χ3v) is 3.72. The molecule has 1 aromatic rings. The van der Waals surface area contributed by atoms with Gasteiger partial charge in [-0.1, -0.05) is 12.1 Å². The van der Waals surface area contributed by atoms with E-state index in [1.807, 2.05) is 6.07 Å². The third-order valence-electron chi connectivity index (χ3n) is 3.72. The number of hydrogen-bond acceptors (Lipinski definition) is 2. The van der Waals surface area contributed by atoms with Crippen molar-refractivity contribution >= 4 is 11.6 Å². The highest BCUT2D eigenvalue weighted by molar-refractivity contribution is 5.99. The van der Waals surface area contributed by atoms with Crippen molar-refractivity contribution in [3.05, 3.63) is 29.3 Å². The van der Waals surface area contributed by atoms with E-state index in [2.05, 4.69) is 22.8 Å². The van der Waals surface area contributed by atoms with E-state index < -0.39 is 0 Å². The Bertz CT molecular complexity index is 436. The largest absolute Gasteiger partial charge is 0.326 e. The summed E-state index contributed by atoms with van der Waals surface area (Å²) in [7, 11) is 0. The molecule has 2 N–H and O–H groups in total. The van der Waals surface area contributed by atoms with E-state index in [4.69, 9.17) is 0 Å². The van der Waals surface area contributed by atoms with Crippen LogP contribution in [0.15, 0.2) is 18.2 Å². The Labute approximate surface area is 102 Å². The smallest absolute Gasteiger partial charge is 0.228 e. The van der Waals surface area contributed by atoms with Crippen molar-refractivity contribution in [1.29, 1.82) is 0 Å². The summed E-state index contributed by atoms with van der Waals surface area (Å²) in [6.07, 6.45) is 4.29. The topological polar surface area (TPSA) is 41.1 Å². The Balaban J connectivity index is 1.72. The van der Waals surface area contributed by atoms with Crippen LogP contribution in [0.1, 0.15) is 24.0 Å². The summed E-state index contributed by atoms with van der Waals surface area (Å²) in [5.41, 5.74) is 3.53. The van der Waals surface area contributed by atoms with Crippen molar-refractivity contribution < 1.29 is 4.79 Å². The first-order chi connectivity index (χ1) is 8.31. The molecule has 1 fully saturated rings. The van der Waals surface area contributed by atoms with Gasteiger partial charge in [-0.2, -0.15) is 0 Å². The molecule has 1 atom stereocenters. The zero-order valence-corrected chi connectivity index (χ0v) is 9.96. The van der Waals surface area contributed by atoms with E-state index in [1.165, 1.54) is 24.9 Å². The van der Waals surface area contributed by atoms with Gasteiger partial charge >= 0.3 is 0 Å². The standard InChI is InChI=1S/C14H18N2O/c17-14-8-12-7-10(3-4-13(12)16-14)6-11-2-1-5-15-9-11/h3-4,7,11,15H,1-2,5-6,8-9H2,(H,16,17).